The molecule has 0 aliphatic heterocycles. The van der Waals surface area contributed by atoms with Crippen LogP contribution < -0.4 is 15.4 Å². The summed E-state index contributed by atoms with van der Waals surface area (Å²) in [5.74, 6) is 1.14. The van der Waals surface area contributed by atoms with Gasteiger partial charge in [-0.25, -0.2) is 9.97 Å². The highest BCUT2D eigenvalue weighted by molar-refractivity contribution is 6.03. The van der Waals surface area contributed by atoms with Crippen LogP contribution in [-0.2, 0) is 6.54 Å². The van der Waals surface area contributed by atoms with Crippen molar-refractivity contribution in [1.82, 2.24) is 9.97 Å². The first-order chi connectivity index (χ1) is 13.0. The maximum absolute atomic E-state index is 12.5. The summed E-state index contributed by atoms with van der Waals surface area (Å²) >= 11 is 0. The molecular weight excluding hydrogens is 340 g/mol. The summed E-state index contributed by atoms with van der Waals surface area (Å²) in [5.41, 5.74) is 4.26. The predicted octanol–water partition coefficient (Wildman–Crippen LogP) is 3.97. The molecule has 0 spiro atoms. The number of anilines is 2. The zero-order valence-electron chi connectivity index (χ0n) is 15.6. The van der Waals surface area contributed by atoms with Gasteiger partial charge in [0.25, 0.3) is 5.91 Å². The van der Waals surface area contributed by atoms with Crippen molar-refractivity contribution in [2.24, 2.45) is 0 Å². The first kappa shape index (κ1) is 18.4. The summed E-state index contributed by atoms with van der Waals surface area (Å²) in [6, 6.07) is 15.3. The van der Waals surface area contributed by atoms with Gasteiger partial charge in [-0.3, -0.25) is 4.79 Å². The maximum atomic E-state index is 12.5. The number of carbonyl (C=O) groups is 1. The van der Waals surface area contributed by atoms with Crippen LogP contribution in [0.4, 0.5) is 11.5 Å². The lowest BCUT2D eigenvalue weighted by molar-refractivity contribution is 0.102. The lowest BCUT2D eigenvalue weighted by Crippen LogP contribution is -2.15. The number of methoxy groups -OCH3 is 1. The Hall–Kier alpha value is -3.41. The molecule has 27 heavy (non-hydrogen) atoms. The molecule has 6 nitrogen and oxygen atoms in total. The second-order valence-electron chi connectivity index (χ2n) is 6.26. The van der Waals surface area contributed by atoms with E-state index in [2.05, 4.69) is 20.6 Å². The summed E-state index contributed by atoms with van der Waals surface area (Å²) in [4.78, 5) is 20.8. The average molecular weight is 362 g/mol. The normalized spacial score (nSPS) is 10.3. The van der Waals surface area contributed by atoms with Crippen LogP contribution in [0.2, 0.25) is 0 Å². The fourth-order valence-corrected chi connectivity index (χ4v) is 2.57. The monoisotopic (exact) mass is 362 g/mol. The third-order valence-corrected chi connectivity index (χ3v) is 4.17. The van der Waals surface area contributed by atoms with Gasteiger partial charge in [-0.15, -0.1) is 0 Å². The molecule has 1 aromatic heterocycles. The SMILES string of the molecule is COc1ccc(CNc2cc(C(=O)Nc3cc(C)ccc3C)ncn2)cc1. The predicted molar refractivity (Wildman–Crippen MR) is 106 cm³/mol. The molecule has 0 saturated heterocycles. The highest BCUT2D eigenvalue weighted by Crippen LogP contribution is 2.18. The van der Waals surface area contributed by atoms with Gasteiger partial charge in [0.15, 0.2) is 0 Å². The summed E-state index contributed by atoms with van der Waals surface area (Å²) < 4.78 is 5.15. The summed E-state index contributed by atoms with van der Waals surface area (Å²) in [5, 5.41) is 6.12. The van der Waals surface area contributed by atoms with Gasteiger partial charge < -0.3 is 15.4 Å². The number of ether oxygens (including phenoxy) is 1. The lowest BCUT2D eigenvalue weighted by atomic mass is 10.1. The molecule has 0 aliphatic carbocycles. The Morgan fingerprint density at radius 3 is 2.56 bits per heavy atom. The van der Waals surface area contributed by atoms with Crippen LogP contribution in [0.5, 0.6) is 5.75 Å². The van der Waals surface area contributed by atoms with Crippen LogP contribution in [0.25, 0.3) is 0 Å². The minimum Gasteiger partial charge on any atom is -0.497 e. The van der Waals surface area contributed by atoms with E-state index in [1.807, 2.05) is 56.3 Å². The minimum absolute atomic E-state index is 0.265. The van der Waals surface area contributed by atoms with E-state index in [9.17, 15) is 4.79 Å². The smallest absolute Gasteiger partial charge is 0.274 e. The number of benzene rings is 2. The van der Waals surface area contributed by atoms with Crippen LogP contribution in [0.3, 0.4) is 0 Å². The Morgan fingerprint density at radius 1 is 1.04 bits per heavy atom. The summed E-state index contributed by atoms with van der Waals surface area (Å²) in [7, 11) is 1.64. The van der Waals surface area contributed by atoms with Crippen molar-refractivity contribution >= 4 is 17.4 Å². The maximum Gasteiger partial charge on any atom is 0.274 e. The molecule has 1 amide bonds. The lowest BCUT2D eigenvalue weighted by Gasteiger charge is -2.10. The van der Waals surface area contributed by atoms with E-state index >= 15 is 0 Å². The minimum atomic E-state index is -0.265. The Morgan fingerprint density at radius 2 is 1.81 bits per heavy atom. The molecular formula is C21H22N4O2. The van der Waals surface area contributed by atoms with Crippen LogP contribution in [-0.4, -0.2) is 23.0 Å². The molecule has 3 rings (SSSR count). The molecule has 0 bridgehead atoms. The number of hydrogen-bond acceptors (Lipinski definition) is 5. The molecule has 3 aromatic rings. The number of carbonyl (C=O) groups excluding carboxylic acids is 1. The number of rotatable bonds is 6. The van der Waals surface area contributed by atoms with Crippen LogP contribution in [0.1, 0.15) is 27.2 Å². The topological polar surface area (TPSA) is 76.1 Å². The third-order valence-electron chi connectivity index (χ3n) is 4.17. The molecule has 0 atom stereocenters. The van der Waals surface area contributed by atoms with E-state index in [-0.39, 0.29) is 5.91 Å². The third kappa shape index (κ3) is 4.82. The van der Waals surface area contributed by atoms with Crippen molar-refractivity contribution in [1.29, 1.82) is 0 Å². The molecule has 6 heteroatoms. The van der Waals surface area contributed by atoms with Crippen LogP contribution in [0.15, 0.2) is 54.9 Å². The zero-order valence-corrected chi connectivity index (χ0v) is 15.6. The van der Waals surface area contributed by atoms with E-state index < -0.39 is 0 Å². The van der Waals surface area contributed by atoms with E-state index in [0.717, 1.165) is 28.1 Å². The molecule has 0 unspecified atom stereocenters. The van der Waals surface area contributed by atoms with E-state index in [1.54, 1.807) is 13.2 Å². The number of amides is 1. The Kier molecular flexibility index (Phi) is 5.66. The van der Waals surface area contributed by atoms with Gasteiger partial charge in [0.05, 0.1) is 7.11 Å². The molecule has 138 valence electrons. The Labute approximate surface area is 158 Å². The molecule has 1 heterocycles. The number of nitrogens with one attached hydrogen (secondary N) is 2. The fraction of sp³-hybridized carbons (Fsp3) is 0.190. The largest absolute Gasteiger partial charge is 0.497 e. The standard InChI is InChI=1S/C21H22N4O2/c1-14-4-5-15(2)18(10-14)25-21(26)19-11-20(24-13-23-19)22-12-16-6-8-17(27-3)9-7-16/h4-11,13H,12H2,1-3H3,(H,25,26)(H,22,23,24). The molecule has 0 aliphatic rings. The molecule has 0 fully saturated rings. The van der Waals surface area contributed by atoms with E-state index in [1.165, 1.54) is 6.33 Å². The highest BCUT2D eigenvalue weighted by Gasteiger charge is 2.11. The number of nitrogens with zero attached hydrogens (tertiary/aromatic N) is 2. The second-order valence-corrected chi connectivity index (χ2v) is 6.26. The van der Waals surface area contributed by atoms with Crippen molar-refractivity contribution in [2.75, 3.05) is 17.7 Å². The van der Waals surface area contributed by atoms with Crippen molar-refractivity contribution < 1.29 is 9.53 Å². The second kappa shape index (κ2) is 8.31. The number of aryl methyl sites for hydroxylation is 2. The summed E-state index contributed by atoms with van der Waals surface area (Å²) in [6.45, 7) is 4.52. The van der Waals surface area contributed by atoms with Gasteiger partial charge in [-0.05, 0) is 48.7 Å². The molecule has 2 N–H and O–H groups in total. The van der Waals surface area contributed by atoms with E-state index in [4.69, 9.17) is 4.74 Å². The first-order valence-corrected chi connectivity index (χ1v) is 8.62. The first-order valence-electron chi connectivity index (χ1n) is 8.62. The summed E-state index contributed by atoms with van der Waals surface area (Å²) in [6.07, 6.45) is 1.38. The van der Waals surface area contributed by atoms with Gasteiger partial charge in [-0.1, -0.05) is 24.3 Å². The molecule has 0 saturated carbocycles. The average Bonchev–Trinajstić information content (AvgIpc) is 2.69. The Bertz CT molecular complexity index is 939. The number of hydrogen-bond donors (Lipinski definition) is 2. The van der Waals surface area contributed by atoms with Gasteiger partial charge in [0, 0.05) is 18.3 Å². The van der Waals surface area contributed by atoms with Gasteiger partial charge in [-0.2, -0.15) is 0 Å². The number of aromatic nitrogens is 2. The van der Waals surface area contributed by atoms with Gasteiger partial charge in [0.2, 0.25) is 0 Å². The van der Waals surface area contributed by atoms with Crippen LogP contribution in [0, 0.1) is 13.8 Å². The Balaban J connectivity index is 1.67. The van der Waals surface area contributed by atoms with Gasteiger partial charge in [0.1, 0.15) is 23.6 Å². The van der Waals surface area contributed by atoms with Crippen molar-refractivity contribution in [3.05, 3.63) is 77.2 Å². The fourth-order valence-electron chi connectivity index (χ4n) is 2.57. The zero-order chi connectivity index (χ0) is 19.2. The van der Waals surface area contributed by atoms with Gasteiger partial charge >= 0.3 is 0 Å². The van der Waals surface area contributed by atoms with Crippen molar-refractivity contribution in [3.8, 4) is 5.75 Å². The highest BCUT2D eigenvalue weighted by atomic mass is 16.5. The van der Waals surface area contributed by atoms with Crippen molar-refractivity contribution in [3.63, 3.8) is 0 Å². The van der Waals surface area contributed by atoms with Crippen molar-refractivity contribution in [2.45, 2.75) is 20.4 Å². The van der Waals surface area contributed by atoms with Crippen LogP contribution >= 0.6 is 0 Å². The molecule has 0 radical (unpaired) electrons. The quantitative estimate of drug-likeness (QED) is 0.694. The molecule has 2 aromatic carbocycles. The van der Waals surface area contributed by atoms with E-state index in [0.29, 0.717) is 18.1 Å².